The van der Waals surface area contributed by atoms with Gasteiger partial charge in [0.05, 0.1) is 12.5 Å². The Balaban J connectivity index is 0.000000218. The molecule has 262 valence electrons. The molecule has 0 saturated carbocycles. The number of hydrogen-bond donors (Lipinski definition) is 0. The maximum atomic E-state index is 12.7. The summed E-state index contributed by atoms with van der Waals surface area (Å²) >= 11 is 3.15. The molecule has 0 aliphatic heterocycles. The van der Waals surface area contributed by atoms with Gasteiger partial charge in [0.25, 0.3) is 0 Å². The molecule has 0 unspecified atom stereocenters. The van der Waals surface area contributed by atoms with Crippen LogP contribution in [0.2, 0.25) is 0 Å². The molecule has 0 atom stereocenters. The molecule has 0 aliphatic carbocycles. The molecule has 6 heteroatoms. The Bertz CT molecular complexity index is 1960. The smallest absolute Gasteiger partial charge is 0.157 e. The third kappa shape index (κ3) is 9.36. The van der Waals surface area contributed by atoms with E-state index in [1.54, 1.807) is 13.8 Å². The number of ketones is 2. The minimum absolute atomic E-state index is 0.0172. The third-order valence-corrected chi connectivity index (χ3v) is 16.9. The van der Waals surface area contributed by atoms with E-state index in [1.165, 1.54) is 15.9 Å². The number of carbonyl (C=O) groups excluding carboxylic acids is 2. The molecule has 0 aromatic heterocycles. The molecule has 0 saturated heterocycles. The van der Waals surface area contributed by atoms with Gasteiger partial charge in [-0.3, -0.25) is 9.59 Å². The number of rotatable bonds is 9. The normalized spacial score (nSPS) is 10.6. The molecule has 0 N–H and O–H groups in total. The van der Waals surface area contributed by atoms with Gasteiger partial charge in [-0.05, 0) is 65.2 Å². The molecular formula is C46H44BrNO2P2. The second-order valence-electron chi connectivity index (χ2n) is 11.8. The van der Waals surface area contributed by atoms with Crippen LogP contribution >= 0.6 is 29.7 Å². The van der Waals surface area contributed by atoms with Crippen LogP contribution < -0.4 is 31.8 Å². The van der Waals surface area contributed by atoms with Crippen LogP contribution in [0.3, 0.4) is 0 Å². The zero-order valence-corrected chi connectivity index (χ0v) is 33.2. The van der Waals surface area contributed by atoms with Crippen LogP contribution in [-0.2, 0) is 9.59 Å². The fourth-order valence-electron chi connectivity index (χ4n) is 6.36. The molecule has 6 rings (SSSR count). The summed E-state index contributed by atoms with van der Waals surface area (Å²) in [5, 5.41) is 18.1. The SMILES string of the molecule is CC(=O)C(CC#N)=P(c1ccccc1)(c1ccccc1)c1ccccc1.CC(=O)C=P(c1ccccc1)(c1ccccc1)c1ccccc1.CCBr. The van der Waals surface area contributed by atoms with Crippen LogP contribution in [0.15, 0.2) is 182 Å². The molecule has 0 fully saturated rings. The summed E-state index contributed by atoms with van der Waals surface area (Å²) < 4.78 is 0. The van der Waals surface area contributed by atoms with Crippen molar-refractivity contribution in [3.05, 3.63) is 182 Å². The molecular weight excluding hydrogens is 740 g/mol. The van der Waals surface area contributed by atoms with Crippen LogP contribution in [0.25, 0.3) is 0 Å². The Morgan fingerprint density at radius 2 is 0.788 bits per heavy atom. The second kappa shape index (κ2) is 20.3. The monoisotopic (exact) mass is 783 g/mol. The van der Waals surface area contributed by atoms with Crippen molar-refractivity contribution in [2.45, 2.75) is 27.2 Å². The minimum Gasteiger partial charge on any atom is -0.295 e. The quantitative estimate of drug-likeness (QED) is 0.109. The highest BCUT2D eigenvalue weighted by Crippen LogP contribution is 2.47. The summed E-state index contributed by atoms with van der Waals surface area (Å²) in [7, 11) is 0. The second-order valence-corrected chi connectivity index (χ2v) is 19.6. The largest absolute Gasteiger partial charge is 0.295 e. The summed E-state index contributed by atoms with van der Waals surface area (Å²) in [5.41, 5.74) is 0. The first-order valence-electron chi connectivity index (χ1n) is 17.1. The van der Waals surface area contributed by atoms with Crippen molar-refractivity contribution in [1.82, 2.24) is 0 Å². The Kier molecular flexibility index (Phi) is 15.6. The van der Waals surface area contributed by atoms with E-state index < -0.39 is 13.8 Å². The van der Waals surface area contributed by atoms with Gasteiger partial charge < -0.3 is 0 Å². The molecule has 0 heterocycles. The summed E-state index contributed by atoms with van der Waals surface area (Å²) in [6, 6.07) is 63.7. The van der Waals surface area contributed by atoms with Gasteiger partial charge in [0.15, 0.2) is 11.6 Å². The molecule has 6 aromatic carbocycles. The summed E-state index contributed by atoms with van der Waals surface area (Å²) in [4.78, 5) is 24.9. The zero-order chi connectivity index (χ0) is 37.2. The minimum atomic E-state index is -2.39. The topological polar surface area (TPSA) is 57.9 Å². The fraction of sp³-hybridized carbons (Fsp3) is 0.109. The molecule has 0 amide bonds. The van der Waals surface area contributed by atoms with Crippen molar-refractivity contribution in [1.29, 1.82) is 5.26 Å². The van der Waals surface area contributed by atoms with Crippen molar-refractivity contribution >= 4 is 84.2 Å². The van der Waals surface area contributed by atoms with Crippen LogP contribution in [0.1, 0.15) is 27.2 Å². The van der Waals surface area contributed by atoms with Crippen molar-refractivity contribution in [2.24, 2.45) is 0 Å². The number of Topliss-reactive ketones (excluding diaryl/α,β-unsaturated/α-hetero) is 2. The third-order valence-electron chi connectivity index (χ3n) is 8.35. The predicted octanol–water partition coefficient (Wildman–Crippen LogP) is 8.43. The lowest BCUT2D eigenvalue weighted by molar-refractivity contribution is -0.111. The van der Waals surface area contributed by atoms with Crippen LogP contribution in [0.4, 0.5) is 0 Å². The van der Waals surface area contributed by atoms with Crippen molar-refractivity contribution in [3.63, 3.8) is 0 Å². The van der Waals surface area contributed by atoms with Crippen LogP contribution in [0.5, 0.6) is 0 Å². The number of halogens is 1. The van der Waals surface area contributed by atoms with Crippen molar-refractivity contribution in [3.8, 4) is 6.07 Å². The van der Waals surface area contributed by atoms with Crippen molar-refractivity contribution in [2.75, 3.05) is 5.33 Å². The predicted molar refractivity (Wildman–Crippen MR) is 232 cm³/mol. The first-order valence-corrected chi connectivity index (χ1v) is 21.9. The molecule has 52 heavy (non-hydrogen) atoms. The average Bonchev–Trinajstić information content (AvgIpc) is 3.19. The van der Waals surface area contributed by atoms with Crippen molar-refractivity contribution < 1.29 is 9.59 Å². The van der Waals surface area contributed by atoms with E-state index in [1.807, 2.05) is 122 Å². The number of nitriles is 1. The van der Waals surface area contributed by atoms with E-state index >= 15 is 0 Å². The van der Waals surface area contributed by atoms with Gasteiger partial charge in [-0.1, -0.05) is 205 Å². The lowest BCUT2D eigenvalue weighted by atomic mass is 10.2. The number of carbonyl (C=O) groups is 2. The number of benzene rings is 6. The Morgan fingerprint density at radius 1 is 0.538 bits per heavy atom. The summed E-state index contributed by atoms with van der Waals surface area (Å²) in [6.07, 6.45) is 0.127. The number of hydrogen-bond acceptors (Lipinski definition) is 3. The Labute approximate surface area is 318 Å². The zero-order valence-electron chi connectivity index (χ0n) is 29.8. The lowest BCUT2D eigenvalue weighted by Gasteiger charge is -2.31. The highest BCUT2D eigenvalue weighted by Gasteiger charge is 2.31. The first kappa shape index (κ1) is 40.0. The molecule has 0 spiro atoms. The maximum Gasteiger partial charge on any atom is 0.157 e. The molecule has 0 radical (unpaired) electrons. The summed E-state index contributed by atoms with van der Waals surface area (Å²) in [5.74, 6) is 2.03. The van der Waals surface area contributed by atoms with Gasteiger partial charge in [-0.25, -0.2) is 0 Å². The van der Waals surface area contributed by atoms with Gasteiger partial charge in [-0.2, -0.15) is 5.26 Å². The number of nitrogens with zero attached hydrogens (tertiary/aromatic N) is 1. The standard InChI is InChI=1S/C23H20NOP.C21H19OP.C2H5Br/c1-19(25)23(17-18-24)26(20-11-5-2-6-12-20,21-13-7-3-8-14-21)22-15-9-4-10-16-22;1-18(22)17-23(19-11-5-2-6-12-19,20-13-7-3-8-14-20)21-15-9-4-10-16-21;1-2-3/h2-16H,17H2,1H3;2-17H,1H3;2H2,1H3. The lowest BCUT2D eigenvalue weighted by Crippen LogP contribution is -2.32. The van der Waals surface area contributed by atoms with E-state index in [0.29, 0.717) is 5.29 Å². The van der Waals surface area contributed by atoms with E-state index in [0.717, 1.165) is 21.2 Å². The van der Waals surface area contributed by atoms with E-state index in [4.69, 9.17) is 0 Å². The highest BCUT2D eigenvalue weighted by molar-refractivity contribution is 9.09. The summed E-state index contributed by atoms with van der Waals surface area (Å²) in [6.45, 7) is 0.788. The Hall–Kier alpha value is -4.77. The molecule has 6 aromatic rings. The van der Waals surface area contributed by atoms with Crippen LogP contribution in [0, 0.1) is 11.3 Å². The van der Waals surface area contributed by atoms with E-state index in [2.05, 4.69) is 94.8 Å². The Morgan fingerprint density at radius 3 is 1.00 bits per heavy atom. The molecule has 0 bridgehead atoms. The maximum absolute atomic E-state index is 12.7. The highest BCUT2D eigenvalue weighted by atomic mass is 79.9. The van der Waals surface area contributed by atoms with E-state index in [-0.39, 0.29) is 18.0 Å². The van der Waals surface area contributed by atoms with Gasteiger partial charge in [0.2, 0.25) is 0 Å². The molecule has 3 nitrogen and oxygen atoms in total. The first-order chi connectivity index (χ1) is 25.4. The van der Waals surface area contributed by atoms with Gasteiger partial charge in [-0.15, -0.1) is 0 Å². The molecule has 0 aliphatic rings. The average molecular weight is 785 g/mol. The number of alkyl halides is 1. The van der Waals surface area contributed by atoms with Gasteiger partial charge in [0.1, 0.15) is 0 Å². The van der Waals surface area contributed by atoms with Crippen LogP contribution in [-0.4, -0.2) is 28.0 Å². The fourth-order valence-corrected chi connectivity index (χ4v) is 14.6. The van der Waals surface area contributed by atoms with Gasteiger partial charge >= 0.3 is 0 Å². The van der Waals surface area contributed by atoms with Gasteiger partial charge in [0, 0.05) is 10.6 Å². The van der Waals surface area contributed by atoms with E-state index in [9.17, 15) is 14.9 Å².